The molecule has 0 saturated carbocycles. The standard InChI is InChI=1S/C16H13N3S/c1-10-5-3-7-13(12(10)9-17)19-14-8-4-6-11(2)15(14)18-16(19)20/h3-8H,1-2H3,(H,18,20). The third-order valence-electron chi connectivity index (χ3n) is 3.53. The number of nitrogens with one attached hydrogen (secondary N) is 1. The van der Waals surface area contributed by atoms with Crippen molar-refractivity contribution in [2.45, 2.75) is 13.8 Å². The molecular formula is C16H13N3S. The van der Waals surface area contributed by atoms with Crippen LogP contribution >= 0.6 is 12.2 Å². The van der Waals surface area contributed by atoms with Gasteiger partial charge in [0.15, 0.2) is 4.77 Å². The first-order chi connectivity index (χ1) is 9.63. The highest BCUT2D eigenvalue weighted by atomic mass is 32.1. The summed E-state index contributed by atoms with van der Waals surface area (Å²) in [5, 5.41) is 9.41. The number of rotatable bonds is 1. The lowest BCUT2D eigenvalue weighted by Gasteiger charge is -2.09. The van der Waals surface area contributed by atoms with E-state index in [1.807, 2.05) is 54.8 Å². The topological polar surface area (TPSA) is 44.5 Å². The fourth-order valence-corrected chi connectivity index (χ4v) is 2.80. The van der Waals surface area contributed by atoms with Crippen LogP contribution in [0.2, 0.25) is 0 Å². The highest BCUT2D eigenvalue weighted by Crippen LogP contribution is 2.25. The number of benzene rings is 2. The van der Waals surface area contributed by atoms with Crippen molar-refractivity contribution in [3.8, 4) is 11.8 Å². The van der Waals surface area contributed by atoms with Crippen LogP contribution in [0.1, 0.15) is 16.7 Å². The molecule has 3 aromatic rings. The molecule has 0 aliphatic rings. The Morgan fingerprint density at radius 3 is 2.55 bits per heavy atom. The zero-order chi connectivity index (χ0) is 14.3. The Balaban J connectivity index is 2.46. The summed E-state index contributed by atoms with van der Waals surface area (Å²) < 4.78 is 2.54. The molecule has 0 fully saturated rings. The highest BCUT2D eigenvalue weighted by molar-refractivity contribution is 7.71. The molecule has 0 aliphatic carbocycles. The van der Waals surface area contributed by atoms with Crippen LogP contribution < -0.4 is 0 Å². The minimum Gasteiger partial charge on any atom is -0.330 e. The van der Waals surface area contributed by atoms with Gasteiger partial charge in [0, 0.05) is 0 Å². The van der Waals surface area contributed by atoms with E-state index in [1.54, 1.807) is 0 Å². The third-order valence-corrected chi connectivity index (χ3v) is 3.81. The smallest absolute Gasteiger partial charge is 0.182 e. The van der Waals surface area contributed by atoms with Gasteiger partial charge < -0.3 is 4.98 Å². The Morgan fingerprint density at radius 2 is 1.80 bits per heavy atom. The molecule has 0 spiro atoms. The lowest BCUT2D eigenvalue weighted by molar-refractivity contribution is 1.05. The number of hydrogen-bond acceptors (Lipinski definition) is 2. The number of imidazole rings is 1. The molecule has 0 unspecified atom stereocenters. The predicted molar refractivity (Wildman–Crippen MR) is 82.6 cm³/mol. The van der Waals surface area contributed by atoms with E-state index in [0.717, 1.165) is 27.8 Å². The van der Waals surface area contributed by atoms with Gasteiger partial charge in [0.2, 0.25) is 0 Å². The summed E-state index contributed by atoms with van der Waals surface area (Å²) in [7, 11) is 0. The number of para-hydroxylation sites is 1. The summed E-state index contributed by atoms with van der Waals surface area (Å²) in [5.41, 5.74) is 5.59. The fraction of sp³-hybridized carbons (Fsp3) is 0.125. The average Bonchev–Trinajstić information content (AvgIpc) is 2.76. The first kappa shape index (κ1) is 12.6. The number of H-pyrrole nitrogens is 1. The Kier molecular flexibility index (Phi) is 2.92. The predicted octanol–water partition coefficient (Wildman–Crippen LogP) is 4.18. The number of hydrogen-bond donors (Lipinski definition) is 1. The lowest BCUT2D eigenvalue weighted by Crippen LogP contribution is -1.99. The Labute approximate surface area is 122 Å². The molecule has 0 amide bonds. The molecule has 3 rings (SSSR count). The number of nitrogens with zero attached hydrogens (tertiary/aromatic N) is 2. The van der Waals surface area contributed by atoms with E-state index in [1.165, 1.54) is 0 Å². The largest absolute Gasteiger partial charge is 0.330 e. The lowest BCUT2D eigenvalue weighted by atomic mass is 10.1. The molecular weight excluding hydrogens is 266 g/mol. The molecule has 20 heavy (non-hydrogen) atoms. The summed E-state index contributed by atoms with van der Waals surface area (Å²) in [6, 6.07) is 14.1. The van der Waals surface area contributed by atoms with Gasteiger partial charge in [-0.3, -0.25) is 4.57 Å². The SMILES string of the molecule is Cc1cccc(-n2c(=S)[nH]c3c(C)cccc32)c1C#N. The fourth-order valence-electron chi connectivity index (χ4n) is 2.50. The van der Waals surface area contributed by atoms with E-state index in [2.05, 4.69) is 11.1 Å². The van der Waals surface area contributed by atoms with Crippen molar-refractivity contribution in [3.63, 3.8) is 0 Å². The van der Waals surface area contributed by atoms with Gasteiger partial charge >= 0.3 is 0 Å². The summed E-state index contributed by atoms with van der Waals surface area (Å²) in [6.07, 6.45) is 0. The van der Waals surface area contributed by atoms with Gasteiger partial charge in [-0.2, -0.15) is 5.26 Å². The molecule has 0 radical (unpaired) electrons. The van der Waals surface area contributed by atoms with Crippen LogP contribution in [0.15, 0.2) is 36.4 Å². The zero-order valence-electron chi connectivity index (χ0n) is 11.3. The molecule has 1 aromatic heterocycles. The molecule has 0 atom stereocenters. The minimum absolute atomic E-state index is 0.608. The first-order valence-electron chi connectivity index (χ1n) is 6.34. The third kappa shape index (κ3) is 1.75. The van der Waals surface area contributed by atoms with Crippen LogP contribution in [-0.2, 0) is 0 Å². The Bertz CT molecular complexity index is 910. The van der Waals surface area contributed by atoms with E-state index in [4.69, 9.17) is 12.2 Å². The first-order valence-corrected chi connectivity index (χ1v) is 6.74. The molecule has 1 heterocycles. The van der Waals surface area contributed by atoms with E-state index < -0.39 is 0 Å². The van der Waals surface area contributed by atoms with Crippen molar-refractivity contribution >= 4 is 23.3 Å². The number of aromatic amines is 1. The molecule has 0 saturated heterocycles. The van der Waals surface area contributed by atoms with Crippen LogP contribution in [0.5, 0.6) is 0 Å². The van der Waals surface area contributed by atoms with E-state index >= 15 is 0 Å². The van der Waals surface area contributed by atoms with Crippen molar-refractivity contribution in [3.05, 3.63) is 57.9 Å². The van der Waals surface area contributed by atoms with E-state index in [-0.39, 0.29) is 0 Å². The molecule has 2 aromatic carbocycles. The van der Waals surface area contributed by atoms with Crippen molar-refractivity contribution in [2.75, 3.05) is 0 Å². The Morgan fingerprint density at radius 1 is 1.10 bits per heavy atom. The number of fused-ring (bicyclic) bond motifs is 1. The van der Waals surface area contributed by atoms with Crippen LogP contribution in [-0.4, -0.2) is 9.55 Å². The second-order valence-corrected chi connectivity index (χ2v) is 5.20. The van der Waals surface area contributed by atoms with Crippen LogP contribution in [0.25, 0.3) is 16.7 Å². The van der Waals surface area contributed by atoms with Crippen LogP contribution in [0.3, 0.4) is 0 Å². The maximum absolute atomic E-state index is 9.41. The number of aryl methyl sites for hydroxylation is 2. The van der Waals surface area contributed by atoms with Gasteiger partial charge in [0.1, 0.15) is 6.07 Å². The van der Waals surface area contributed by atoms with Gasteiger partial charge in [0.25, 0.3) is 0 Å². The maximum Gasteiger partial charge on any atom is 0.182 e. The average molecular weight is 279 g/mol. The van der Waals surface area contributed by atoms with E-state index in [0.29, 0.717) is 10.3 Å². The molecule has 0 aliphatic heterocycles. The van der Waals surface area contributed by atoms with Crippen molar-refractivity contribution in [1.29, 1.82) is 5.26 Å². The summed E-state index contributed by atoms with van der Waals surface area (Å²) in [6.45, 7) is 3.98. The van der Waals surface area contributed by atoms with Gasteiger partial charge in [-0.15, -0.1) is 0 Å². The second kappa shape index (κ2) is 4.62. The number of nitriles is 1. The molecule has 4 heteroatoms. The van der Waals surface area contributed by atoms with Gasteiger partial charge in [-0.1, -0.05) is 24.3 Å². The Hall–Kier alpha value is -2.38. The van der Waals surface area contributed by atoms with Crippen LogP contribution in [0.4, 0.5) is 0 Å². The highest BCUT2D eigenvalue weighted by Gasteiger charge is 2.12. The normalized spacial score (nSPS) is 10.7. The van der Waals surface area contributed by atoms with Crippen molar-refractivity contribution < 1.29 is 0 Å². The molecule has 0 bridgehead atoms. The quantitative estimate of drug-likeness (QED) is 0.679. The molecule has 1 N–H and O–H groups in total. The van der Waals surface area contributed by atoms with Gasteiger partial charge in [0.05, 0.1) is 22.3 Å². The monoisotopic (exact) mass is 279 g/mol. The maximum atomic E-state index is 9.41. The minimum atomic E-state index is 0.608. The summed E-state index contributed by atoms with van der Waals surface area (Å²) in [4.78, 5) is 3.23. The zero-order valence-corrected chi connectivity index (χ0v) is 12.1. The van der Waals surface area contributed by atoms with Crippen molar-refractivity contribution in [2.24, 2.45) is 0 Å². The second-order valence-electron chi connectivity index (χ2n) is 4.82. The van der Waals surface area contributed by atoms with Gasteiger partial charge in [-0.25, -0.2) is 0 Å². The summed E-state index contributed by atoms with van der Waals surface area (Å²) in [5.74, 6) is 0. The van der Waals surface area contributed by atoms with Crippen LogP contribution in [0, 0.1) is 29.9 Å². The van der Waals surface area contributed by atoms with Gasteiger partial charge in [-0.05, 0) is 49.3 Å². The molecule has 98 valence electrons. The molecule has 3 nitrogen and oxygen atoms in total. The summed E-state index contributed by atoms with van der Waals surface area (Å²) >= 11 is 5.44. The van der Waals surface area contributed by atoms with E-state index in [9.17, 15) is 5.26 Å². The number of aromatic nitrogens is 2. The van der Waals surface area contributed by atoms with Crippen molar-refractivity contribution in [1.82, 2.24) is 9.55 Å².